The summed E-state index contributed by atoms with van der Waals surface area (Å²) < 4.78 is 5.41. The van der Waals surface area contributed by atoms with E-state index >= 15 is 0 Å². The maximum Gasteiger partial charge on any atom is 0.312 e. The zero-order chi connectivity index (χ0) is 28.3. The second kappa shape index (κ2) is 7.93. The van der Waals surface area contributed by atoms with Gasteiger partial charge in [0.15, 0.2) is 5.78 Å². The van der Waals surface area contributed by atoms with Crippen LogP contribution in [0, 0.1) is 67.5 Å². The number of Topliss-reactive ketones (excluding diaryl/α,β-unsaturated/α-hetero) is 2. The maximum atomic E-state index is 14.5. The summed E-state index contributed by atoms with van der Waals surface area (Å²) in [7, 11) is 1.48. The highest BCUT2D eigenvalue weighted by atomic mass is 16.5. The van der Waals surface area contributed by atoms with E-state index in [1.165, 1.54) is 7.11 Å². The van der Waals surface area contributed by atoms with Crippen LogP contribution in [0.3, 0.4) is 0 Å². The summed E-state index contributed by atoms with van der Waals surface area (Å²) in [6, 6.07) is 1.97. The third kappa shape index (κ3) is 3.17. The van der Waals surface area contributed by atoms with Gasteiger partial charge in [0, 0.05) is 24.2 Å². The van der Waals surface area contributed by atoms with Crippen LogP contribution in [0.1, 0.15) is 106 Å². The van der Waals surface area contributed by atoms with E-state index in [2.05, 4.69) is 34.6 Å². The van der Waals surface area contributed by atoms with Crippen LogP contribution in [0.2, 0.25) is 0 Å². The first-order valence-electron chi connectivity index (χ1n) is 14.7. The highest BCUT2D eigenvalue weighted by Crippen LogP contribution is 2.76. The molecular formula is C32H47NO5. The van der Waals surface area contributed by atoms with E-state index < -0.39 is 21.8 Å². The van der Waals surface area contributed by atoms with Gasteiger partial charge in [0.2, 0.25) is 5.60 Å². The molecule has 0 aromatic heterocycles. The second-order valence-electron chi connectivity index (χ2n) is 16.0. The van der Waals surface area contributed by atoms with Gasteiger partial charge in [-0.3, -0.25) is 14.4 Å². The van der Waals surface area contributed by atoms with Crippen LogP contribution < -0.4 is 0 Å². The maximum absolute atomic E-state index is 14.5. The van der Waals surface area contributed by atoms with Crippen LogP contribution in [0.15, 0.2) is 0 Å². The summed E-state index contributed by atoms with van der Waals surface area (Å²) in [6.07, 6.45) is 6.27. The molecule has 9 atom stereocenters. The first-order valence-corrected chi connectivity index (χ1v) is 14.7. The van der Waals surface area contributed by atoms with Crippen molar-refractivity contribution < 1.29 is 24.2 Å². The lowest BCUT2D eigenvalue weighted by Crippen LogP contribution is -2.71. The number of carbonyl (C=O) groups is 3. The molecule has 5 rings (SSSR count). The standard InChI is InChI=1S/C32H47NO5/c1-26(2)11-13-31(25(36)38-8)14-12-30(7)23(19(31)16-26)20(34)15-22-28(5)17-32(37,18-33)24(35)27(3,4)21(28)9-10-29(22,30)6/h19,21-23,37H,9-17H2,1-8H3/t19?,21-,22+,23?,28-,29+,30+,31-,32-/m0/s1. The number of nitrogens with zero attached hydrogens (tertiary/aromatic N) is 1. The lowest BCUT2D eigenvalue weighted by Gasteiger charge is -2.72. The fourth-order valence-electron chi connectivity index (χ4n) is 11.5. The van der Waals surface area contributed by atoms with Gasteiger partial charge in [0.05, 0.1) is 12.5 Å². The van der Waals surface area contributed by atoms with E-state index in [1.807, 2.05) is 19.9 Å². The Bertz CT molecular complexity index is 1140. The van der Waals surface area contributed by atoms with E-state index in [0.29, 0.717) is 6.42 Å². The number of rotatable bonds is 1. The highest BCUT2D eigenvalue weighted by molar-refractivity contribution is 5.96. The fraction of sp³-hybridized carbons (Fsp3) is 0.875. The molecule has 0 bridgehead atoms. The minimum absolute atomic E-state index is 0.00601. The lowest BCUT2D eigenvalue weighted by molar-refractivity contribution is -0.244. The van der Waals surface area contributed by atoms with Crippen molar-refractivity contribution in [3.05, 3.63) is 0 Å². The number of hydrogen-bond donors (Lipinski definition) is 1. The number of esters is 1. The summed E-state index contributed by atoms with van der Waals surface area (Å²) >= 11 is 0. The van der Waals surface area contributed by atoms with Gasteiger partial charge < -0.3 is 9.84 Å². The average molecular weight is 526 g/mol. The van der Waals surface area contributed by atoms with Crippen LogP contribution in [0.4, 0.5) is 0 Å². The van der Waals surface area contributed by atoms with Crippen LogP contribution in [-0.4, -0.2) is 35.4 Å². The number of methoxy groups -OCH3 is 1. The minimum atomic E-state index is -2.03. The summed E-state index contributed by atoms with van der Waals surface area (Å²) in [6.45, 7) is 15.1. The number of carbonyl (C=O) groups excluding carboxylic acids is 3. The molecule has 0 heterocycles. The molecule has 0 radical (unpaired) electrons. The largest absolute Gasteiger partial charge is 0.469 e. The van der Waals surface area contributed by atoms with Crippen molar-refractivity contribution in [3.8, 4) is 6.07 Å². The van der Waals surface area contributed by atoms with E-state index in [1.54, 1.807) is 0 Å². The molecular weight excluding hydrogens is 478 g/mol. The molecule has 2 unspecified atom stereocenters. The Morgan fingerprint density at radius 1 is 0.947 bits per heavy atom. The van der Waals surface area contributed by atoms with Gasteiger partial charge >= 0.3 is 5.97 Å². The number of fused-ring (bicyclic) bond motifs is 7. The molecule has 0 aromatic rings. The van der Waals surface area contributed by atoms with Crippen LogP contribution in [0.25, 0.3) is 0 Å². The third-order valence-corrected chi connectivity index (χ3v) is 13.5. The van der Waals surface area contributed by atoms with E-state index in [-0.39, 0.29) is 63.9 Å². The number of ketones is 2. The summed E-state index contributed by atoms with van der Waals surface area (Å²) in [5.74, 6) is -0.622. The molecule has 0 aliphatic heterocycles. The number of nitriles is 1. The van der Waals surface area contributed by atoms with Gasteiger partial charge in [-0.2, -0.15) is 5.26 Å². The monoisotopic (exact) mass is 525 g/mol. The van der Waals surface area contributed by atoms with Gasteiger partial charge in [-0.15, -0.1) is 0 Å². The zero-order valence-corrected chi connectivity index (χ0v) is 24.7. The topological polar surface area (TPSA) is 104 Å². The molecule has 5 saturated carbocycles. The number of hydrogen-bond acceptors (Lipinski definition) is 6. The van der Waals surface area contributed by atoms with Crippen LogP contribution in [-0.2, 0) is 19.1 Å². The average Bonchev–Trinajstić information content (AvgIpc) is 2.83. The molecule has 1 N–H and O–H groups in total. The van der Waals surface area contributed by atoms with E-state index in [4.69, 9.17) is 4.74 Å². The molecule has 6 nitrogen and oxygen atoms in total. The SMILES string of the molecule is COC(=O)[C@]12CCC(C)(C)CC1C1C(=O)C[C@@H]3[C@@]4(C)C[C@](O)(C#N)C(=O)C(C)(C)[C@@H]4CC[C@@]3(C)[C@]1(C)CC2. The van der Waals surface area contributed by atoms with Gasteiger partial charge in [-0.1, -0.05) is 48.5 Å². The lowest BCUT2D eigenvalue weighted by atomic mass is 9.30. The first-order chi connectivity index (χ1) is 17.4. The van der Waals surface area contributed by atoms with Crippen molar-refractivity contribution in [3.63, 3.8) is 0 Å². The zero-order valence-electron chi connectivity index (χ0n) is 24.7. The van der Waals surface area contributed by atoms with E-state index in [9.17, 15) is 24.8 Å². The fourth-order valence-corrected chi connectivity index (χ4v) is 11.5. The molecule has 38 heavy (non-hydrogen) atoms. The van der Waals surface area contributed by atoms with Crippen molar-refractivity contribution >= 4 is 17.5 Å². The highest BCUT2D eigenvalue weighted by Gasteiger charge is 2.75. The Labute approximate surface area is 228 Å². The smallest absolute Gasteiger partial charge is 0.312 e. The molecule has 0 aromatic carbocycles. The van der Waals surface area contributed by atoms with Crippen molar-refractivity contribution in [2.45, 2.75) is 112 Å². The molecule has 6 heteroatoms. The van der Waals surface area contributed by atoms with Crippen molar-refractivity contribution in [2.24, 2.45) is 56.2 Å². The summed E-state index contributed by atoms with van der Waals surface area (Å²) in [5.41, 5.74) is -4.48. The molecule has 0 amide bonds. The Balaban J connectivity index is 1.63. The summed E-state index contributed by atoms with van der Waals surface area (Å²) in [5, 5.41) is 21.3. The molecule has 5 aliphatic carbocycles. The molecule has 210 valence electrons. The predicted octanol–water partition coefficient (Wildman–Crippen LogP) is 5.65. The van der Waals surface area contributed by atoms with Crippen LogP contribution >= 0.6 is 0 Å². The van der Waals surface area contributed by atoms with Crippen molar-refractivity contribution in [1.82, 2.24) is 0 Å². The first kappa shape index (κ1) is 27.8. The van der Waals surface area contributed by atoms with Crippen LogP contribution in [0.5, 0.6) is 0 Å². The summed E-state index contributed by atoms with van der Waals surface area (Å²) in [4.78, 5) is 41.2. The molecule has 5 aliphatic rings. The molecule has 0 spiro atoms. The Morgan fingerprint density at radius 3 is 2.18 bits per heavy atom. The van der Waals surface area contributed by atoms with Crippen molar-refractivity contribution in [2.75, 3.05) is 7.11 Å². The Hall–Kier alpha value is -1.74. The molecule has 5 fully saturated rings. The Morgan fingerprint density at radius 2 is 1.58 bits per heavy atom. The Kier molecular flexibility index (Phi) is 5.80. The van der Waals surface area contributed by atoms with Crippen molar-refractivity contribution in [1.29, 1.82) is 5.26 Å². The predicted molar refractivity (Wildman–Crippen MR) is 142 cm³/mol. The minimum Gasteiger partial charge on any atom is -0.469 e. The normalized spacial score (nSPS) is 50.9. The van der Waals surface area contributed by atoms with E-state index in [0.717, 1.165) is 44.9 Å². The quantitative estimate of drug-likeness (QED) is 0.350. The molecule has 0 saturated heterocycles. The van der Waals surface area contributed by atoms with Gasteiger partial charge in [-0.25, -0.2) is 0 Å². The van der Waals surface area contributed by atoms with Gasteiger partial charge in [0.25, 0.3) is 0 Å². The number of aliphatic hydroxyl groups is 1. The third-order valence-electron chi connectivity index (χ3n) is 13.5. The second-order valence-corrected chi connectivity index (χ2v) is 16.0. The van der Waals surface area contributed by atoms with Gasteiger partial charge in [0.1, 0.15) is 11.9 Å². The van der Waals surface area contributed by atoms with Gasteiger partial charge in [-0.05, 0) is 84.4 Å². The number of ether oxygens (including phenoxy) is 1.